The maximum absolute atomic E-state index is 13.5. The number of methoxy groups -OCH3 is 1. The van der Waals surface area contributed by atoms with E-state index in [1.807, 2.05) is 30.6 Å². The Bertz CT molecular complexity index is 1190. The molecule has 206 valence electrons. The predicted molar refractivity (Wildman–Crippen MR) is 138 cm³/mol. The van der Waals surface area contributed by atoms with Crippen molar-refractivity contribution < 1.29 is 32.8 Å². The number of aliphatic hydroxyl groups is 1. The molecule has 1 unspecified atom stereocenters. The first-order chi connectivity index (χ1) is 18.4. The number of rotatable bonds is 12. The van der Waals surface area contributed by atoms with Gasteiger partial charge in [0.15, 0.2) is 23.1 Å². The summed E-state index contributed by atoms with van der Waals surface area (Å²) >= 11 is 0. The zero-order valence-corrected chi connectivity index (χ0v) is 21.9. The van der Waals surface area contributed by atoms with E-state index in [0.29, 0.717) is 37.8 Å². The van der Waals surface area contributed by atoms with Crippen molar-refractivity contribution in [2.24, 2.45) is 0 Å². The molecule has 38 heavy (non-hydrogen) atoms. The van der Waals surface area contributed by atoms with Crippen molar-refractivity contribution >= 4 is 0 Å². The molecule has 3 aromatic rings. The average Bonchev–Trinajstić information content (AvgIpc) is 3.29. The van der Waals surface area contributed by atoms with Crippen LogP contribution < -0.4 is 14.2 Å². The van der Waals surface area contributed by atoms with Crippen molar-refractivity contribution in [3.63, 3.8) is 0 Å². The molecule has 1 N–H and O–H groups in total. The maximum Gasteiger partial charge on any atom is 0.162 e. The maximum atomic E-state index is 13.5. The number of hydrogen-bond acceptors (Lipinski definition) is 7. The molecule has 0 saturated carbocycles. The molecule has 1 aromatic heterocycles. The van der Waals surface area contributed by atoms with Crippen LogP contribution in [0.1, 0.15) is 24.7 Å². The summed E-state index contributed by atoms with van der Waals surface area (Å²) in [6.45, 7) is 5.27. The fourth-order valence-corrected chi connectivity index (χ4v) is 4.47. The van der Waals surface area contributed by atoms with Gasteiger partial charge in [0, 0.05) is 51.1 Å². The molecule has 0 bridgehead atoms. The van der Waals surface area contributed by atoms with E-state index < -0.39 is 17.2 Å². The second kappa shape index (κ2) is 13.0. The number of imidazole rings is 1. The van der Waals surface area contributed by atoms with Crippen molar-refractivity contribution in [1.29, 1.82) is 0 Å². The fourth-order valence-electron chi connectivity index (χ4n) is 4.47. The van der Waals surface area contributed by atoms with Gasteiger partial charge in [-0.05, 0) is 36.2 Å². The van der Waals surface area contributed by atoms with E-state index in [-0.39, 0.29) is 25.5 Å². The van der Waals surface area contributed by atoms with Gasteiger partial charge in [0.05, 0.1) is 26.9 Å². The number of ether oxygens (including phenoxy) is 4. The SMILES string of the molecule is CCc1nccn1CCCOc1cc(CN2CCOCC(O)(COc3ccc(F)c(F)c3)C2)ccc1OC. The Balaban J connectivity index is 1.34. The first-order valence-electron chi connectivity index (χ1n) is 12.8. The van der Waals surface area contributed by atoms with Gasteiger partial charge in [-0.25, -0.2) is 13.8 Å². The van der Waals surface area contributed by atoms with Gasteiger partial charge in [0.1, 0.15) is 23.8 Å². The van der Waals surface area contributed by atoms with Crippen molar-refractivity contribution in [3.8, 4) is 17.2 Å². The predicted octanol–water partition coefficient (Wildman–Crippen LogP) is 3.84. The van der Waals surface area contributed by atoms with Crippen molar-refractivity contribution in [3.05, 3.63) is 71.8 Å². The third-order valence-electron chi connectivity index (χ3n) is 6.39. The summed E-state index contributed by atoms with van der Waals surface area (Å²) < 4.78 is 51.6. The van der Waals surface area contributed by atoms with Crippen LogP contribution in [0.15, 0.2) is 48.8 Å². The summed E-state index contributed by atoms with van der Waals surface area (Å²) in [7, 11) is 1.61. The standard InChI is InChI=1S/C28H35F2N3O5/c1-3-27-31-9-11-33(27)10-4-13-37-26-15-21(5-8-25(26)35-2)17-32-12-14-36-19-28(34,18-32)20-38-22-6-7-23(29)24(30)16-22/h5-9,11,15-16,34H,3-4,10,12-14,17-20H2,1-2H3. The minimum atomic E-state index is -1.32. The Labute approximate surface area is 221 Å². The van der Waals surface area contributed by atoms with Gasteiger partial charge in [0.2, 0.25) is 0 Å². The minimum absolute atomic E-state index is 0.0702. The van der Waals surface area contributed by atoms with Gasteiger partial charge < -0.3 is 28.6 Å². The molecule has 1 fully saturated rings. The fraction of sp³-hybridized carbons (Fsp3) is 0.464. The first kappa shape index (κ1) is 27.8. The van der Waals surface area contributed by atoms with Crippen LogP contribution >= 0.6 is 0 Å². The molecular formula is C28H35F2N3O5. The third kappa shape index (κ3) is 7.43. The van der Waals surface area contributed by atoms with Crippen molar-refractivity contribution in [2.45, 2.75) is 38.5 Å². The van der Waals surface area contributed by atoms with Gasteiger partial charge in [-0.1, -0.05) is 13.0 Å². The Morgan fingerprint density at radius 1 is 1.11 bits per heavy atom. The molecule has 2 heterocycles. The van der Waals surface area contributed by atoms with E-state index >= 15 is 0 Å². The summed E-state index contributed by atoms with van der Waals surface area (Å²) in [5.41, 5.74) is -0.327. The van der Waals surface area contributed by atoms with E-state index in [9.17, 15) is 13.9 Å². The summed E-state index contributed by atoms with van der Waals surface area (Å²) in [4.78, 5) is 6.42. The Morgan fingerprint density at radius 2 is 1.97 bits per heavy atom. The second-order valence-electron chi connectivity index (χ2n) is 9.43. The monoisotopic (exact) mass is 531 g/mol. The van der Waals surface area contributed by atoms with E-state index in [4.69, 9.17) is 18.9 Å². The van der Waals surface area contributed by atoms with Gasteiger partial charge >= 0.3 is 0 Å². The van der Waals surface area contributed by atoms with Crippen LogP contribution in [-0.4, -0.2) is 71.8 Å². The highest BCUT2D eigenvalue weighted by atomic mass is 19.2. The van der Waals surface area contributed by atoms with E-state index in [1.165, 1.54) is 6.07 Å². The van der Waals surface area contributed by atoms with Gasteiger partial charge in [-0.3, -0.25) is 4.90 Å². The Hall–Kier alpha value is -3.21. The first-order valence-corrected chi connectivity index (χ1v) is 12.8. The zero-order valence-electron chi connectivity index (χ0n) is 21.9. The Kier molecular flexibility index (Phi) is 9.54. The molecular weight excluding hydrogens is 496 g/mol. The molecule has 1 aliphatic rings. The molecule has 10 heteroatoms. The van der Waals surface area contributed by atoms with Crippen LogP contribution in [0.25, 0.3) is 0 Å². The van der Waals surface area contributed by atoms with Crippen LogP contribution in [0.3, 0.4) is 0 Å². The van der Waals surface area contributed by atoms with Crippen molar-refractivity contribution in [2.75, 3.05) is 46.6 Å². The molecule has 0 aliphatic carbocycles. The molecule has 8 nitrogen and oxygen atoms in total. The number of β-amino-alcohol motifs (C(OH)–C–C–N with tert-alkyl or cyclic N) is 1. The lowest BCUT2D eigenvalue weighted by Gasteiger charge is -2.30. The molecule has 1 saturated heterocycles. The summed E-state index contributed by atoms with van der Waals surface area (Å²) in [6.07, 6.45) is 5.51. The number of halogens is 2. The zero-order chi connectivity index (χ0) is 27.0. The molecule has 2 aromatic carbocycles. The van der Waals surface area contributed by atoms with Gasteiger partial charge in [-0.2, -0.15) is 0 Å². The molecule has 4 rings (SSSR count). The van der Waals surface area contributed by atoms with E-state index in [0.717, 1.165) is 42.9 Å². The highest BCUT2D eigenvalue weighted by Crippen LogP contribution is 2.29. The van der Waals surface area contributed by atoms with Gasteiger partial charge in [-0.15, -0.1) is 0 Å². The van der Waals surface area contributed by atoms with Gasteiger partial charge in [0.25, 0.3) is 0 Å². The average molecular weight is 532 g/mol. The lowest BCUT2D eigenvalue weighted by molar-refractivity contribution is -0.0647. The topological polar surface area (TPSA) is 78.2 Å². The molecule has 0 amide bonds. The smallest absolute Gasteiger partial charge is 0.162 e. The van der Waals surface area contributed by atoms with Crippen LogP contribution in [0.4, 0.5) is 8.78 Å². The Morgan fingerprint density at radius 3 is 2.76 bits per heavy atom. The highest BCUT2D eigenvalue weighted by Gasteiger charge is 2.33. The molecule has 0 spiro atoms. The second-order valence-corrected chi connectivity index (χ2v) is 9.43. The summed E-state index contributed by atoms with van der Waals surface area (Å²) in [5, 5.41) is 11.2. The van der Waals surface area contributed by atoms with E-state index in [1.54, 1.807) is 7.11 Å². The van der Waals surface area contributed by atoms with Crippen LogP contribution in [-0.2, 0) is 24.2 Å². The summed E-state index contributed by atoms with van der Waals surface area (Å²) in [6, 6.07) is 9.08. The number of aryl methyl sites for hydroxylation is 2. The third-order valence-corrected chi connectivity index (χ3v) is 6.39. The summed E-state index contributed by atoms with van der Waals surface area (Å²) in [5.74, 6) is 0.561. The number of aromatic nitrogens is 2. The van der Waals surface area contributed by atoms with Crippen LogP contribution in [0.5, 0.6) is 17.2 Å². The van der Waals surface area contributed by atoms with Crippen molar-refractivity contribution in [1.82, 2.24) is 14.5 Å². The normalized spacial score (nSPS) is 18.2. The molecule has 1 atom stereocenters. The number of hydrogen-bond donors (Lipinski definition) is 1. The largest absolute Gasteiger partial charge is 0.493 e. The molecule has 1 aliphatic heterocycles. The number of benzene rings is 2. The van der Waals surface area contributed by atoms with E-state index in [2.05, 4.69) is 21.4 Å². The lowest BCUT2D eigenvalue weighted by atomic mass is 10.1. The number of nitrogens with zero attached hydrogens (tertiary/aromatic N) is 3. The van der Waals surface area contributed by atoms with Crippen LogP contribution in [0, 0.1) is 11.6 Å². The highest BCUT2D eigenvalue weighted by molar-refractivity contribution is 5.43. The van der Waals surface area contributed by atoms with Crippen LogP contribution in [0.2, 0.25) is 0 Å². The quantitative estimate of drug-likeness (QED) is 0.356. The molecule has 0 radical (unpaired) electrons. The lowest BCUT2D eigenvalue weighted by Crippen LogP contribution is -2.48. The minimum Gasteiger partial charge on any atom is -0.493 e.